The molecule has 0 bridgehead atoms. The summed E-state index contributed by atoms with van der Waals surface area (Å²) in [4.78, 5) is 6.49. The molecule has 0 atom stereocenters. The van der Waals surface area contributed by atoms with Crippen LogP contribution in [-0.2, 0) is 4.74 Å². The van der Waals surface area contributed by atoms with E-state index in [9.17, 15) is 0 Å². The van der Waals surface area contributed by atoms with Gasteiger partial charge in [-0.25, -0.2) is 4.98 Å². The van der Waals surface area contributed by atoms with Crippen molar-refractivity contribution >= 4 is 21.7 Å². The SMILES string of the molecule is COCCCN(C)c1nccc(C)c1Br. The van der Waals surface area contributed by atoms with Gasteiger partial charge in [0.15, 0.2) is 0 Å². The molecule has 0 N–H and O–H groups in total. The average molecular weight is 273 g/mol. The van der Waals surface area contributed by atoms with Crippen molar-refractivity contribution in [1.82, 2.24) is 4.98 Å². The van der Waals surface area contributed by atoms with Crippen molar-refractivity contribution in [1.29, 1.82) is 0 Å². The van der Waals surface area contributed by atoms with E-state index in [2.05, 4.69) is 32.7 Å². The number of hydrogen-bond donors (Lipinski definition) is 0. The molecule has 0 saturated heterocycles. The lowest BCUT2D eigenvalue weighted by atomic mass is 10.3. The Morgan fingerprint density at radius 2 is 2.27 bits per heavy atom. The lowest BCUT2D eigenvalue weighted by molar-refractivity contribution is 0.196. The highest BCUT2D eigenvalue weighted by Crippen LogP contribution is 2.25. The van der Waals surface area contributed by atoms with Gasteiger partial charge in [0.2, 0.25) is 0 Å². The first-order valence-corrected chi connectivity index (χ1v) is 5.77. The van der Waals surface area contributed by atoms with Crippen LogP contribution < -0.4 is 4.90 Å². The fourth-order valence-electron chi connectivity index (χ4n) is 1.34. The van der Waals surface area contributed by atoms with Crippen LogP contribution in [0.5, 0.6) is 0 Å². The molecule has 0 aliphatic heterocycles. The second-order valence-corrected chi connectivity index (χ2v) is 4.33. The lowest BCUT2D eigenvalue weighted by Gasteiger charge is -2.19. The summed E-state index contributed by atoms with van der Waals surface area (Å²) >= 11 is 3.55. The van der Waals surface area contributed by atoms with Crippen LogP contribution in [0.15, 0.2) is 16.7 Å². The van der Waals surface area contributed by atoms with Gasteiger partial charge in [0.1, 0.15) is 5.82 Å². The molecule has 1 aromatic rings. The van der Waals surface area contributed by atoms with Crippen LogP contribution in [0.25, 0.3) is 0 Å². The van der Waals surface area contributed by atoms with E-state index in [1.165, 1.54) is 5.56 Å². The minimum absolute atomic E-state index is 0.785. The van der Waals surface area contributed by atoms with Crippen LogP contribution in [0, 0.1) is 6.92 Å². The predicted molar refractivity (Wildman–Crippen MR) is 66.4 cm³/mol. The normalized spacial score (nSPS) is 10.4. The summed E-state index contributed by atoms with van der Waals surface area (Å²) in [5.74, 6) is 0.992. The van der Waals surface area contributed by atoms with E-state index in [4.69, 9.17) is 4.74 Å². The second kappa shape index (κ2) is 6.08. The molecule has 15 heavy (non-hydrogen) atoms. The molecule has 84 valence electrons. The Morgan fingerprint density at radius 1 is 1.53 bits per heavy atom. The smallest absolute Gasteiger partial charge is 0.142 e. The number of anilines is 1. The van der Waals surface area contributed by atoms with Crippen molar-refractivity contribution in [3.05, 3.63) is 22.3 Å². The van der Waals surface area contributed by atoms with Gasteiger partial charge in [0, 0.05) is 33.5 Å². The molecule has 0 radical (unpaired) electrons. The molecule has 1 rings (SSSR count). The molecule has 0 amide bonds. The van der Waals surface area contributed by atoms with E-state index in [0.29, 0.717) is 0 Å². The minimum atomic E-state index is 0.785. The number of nitrogens with zero attached hydrogens (tertiary/aromatic N) is 2. The van der Waals surface area contributed by atoms with Crippen LogP contribution >= 0.6 is 15.9 Å². The molecule has 1 heterocycles. The van der Waals surface area contributed by atoms with Crippen LogP contribution in [0.2, 0.25) is 0 Å². The van der Waals surface area contributed by atoms with Gasteiger partial charge >= 0.3 is 0 Å². The molecular formula is C11H17BrN2O. The Hall–Kier alpha value is -0.610. The summed E-state index contributed by atoms with van der Waals surface area (Å²) in [6, 6.07) is 2.00. The predicted octanol–water partition coefficient (Wildman–Crippen LogP) is 2.63. The number of ether oxygens (including phenoxy) is 1. The topological polar surface area (TPSA) is 25.4 Å². The zero-order chi connectivity index (χ0) is 11.3. The van der Waals surface area contributed by atoms with Crippen LogP contribution in [-0.4, -0.2) is 32.3 Å². The highest BCUT2D eigenvalue weighted by Gasteiger charge is 2.08. The molecule has 1 aromatic heterocycles. The Kier molecular flexibility index (Phi) is 5.05. The van der Waals surface area contributed by atoms with Gasteiger partial charge in [-0.3, -0.25) is 0 Å². The van der Waals surface area contributed by atoms with Crippen LogP contribution in [0.4, 0.5) is 5.82 Å². The van der Waals surface area contributed by atoms with Gasteiger partial charge in [-0.05, 0) is 40.9 Å². The first-order chi connectivity index (χ1) is 7.16. The summed E-state index contributed by atoms with van der Waals surface area (Å²) in [5.41, 5.74) is 1.21. The number of methoxy groups -OCH3 is 1. The lowest BCUT2D eigenvalue weighted by Crippen LogP contribution is -2.21. The average Bonchev–Trinajstić information content (AvgIpc) is 2.22. The number of rotatable bonds is 5. The van der Waals surface area contributed by atoms with Gasteiger partial charge < -0.3 is 9.64 Å². The molecule has 0 fully saturated rings. The van der Waals surface area contributed by atoms with Gasteiger partial charge in [-0.15, -0.1) is 0 Å². The van der Waals surface area contributed by atoms with E-state index < -0.39 is 0 Å². The first-order valence-electron chi connectivity index (χ1n) is 4.98. The molecule has 0 aliphatic carbocycles. The molecule has 0 spiro atoms. The third-order valence-corrected chi connectivity index (χ3v) is 3.25. The zero-order valence-corrected chi connectivity index (χ0v) is 11.0. The highest BCUT2D eigenvalue weighted by atomic mass is 79.9. The minimum Gasteiger partial charge on any atom is -0.385 e. The number of aryl methyl sites for hydroxylation is 1. The van der Waals surface area contributed by atoms with Crippen molar-refractivity contribution in [3.63, 3.8) is 0 Å². The Morgan fingerprint density at radius 3 is 2.93 bits per heavy atom. The quantitative estimate of drug-likeness (QED) is 0.771. The van der Waals surface area contributed by atoms with E-state index >= 15 is 0 Å². The second-order valence-electron chi connectivity index (χ2n) is 3.53. The fourth-order valence-corrected chi connectivity index (χ4v) is 1.88. The molecule has 0 saturated carbocycles. The van der Waals surface area contributed by atoms with E-state index in [-0.39, 0.29) is 0 Å². The van der Waals surface area contributed by atoms with Gasteiger partial charge in [0.25, 0.3) is 0 Å². The van der Waals surface area contributed by atoms with Crippen molar-refractivity contribution in [2.75, 3.05) is 32.2 Å². The maximum atomic E-state index is 5.02. The Balaban J connectivity index is 2.65. The molecule has 4 heteroatoms. The van der Waals surface area contributed by atoms with E-state index in [1.54, 1.807) is 7.11 Å². The molecule has 0 aliphatic rings. The van der Waals surface area contributed by atoms with Crippen LogP contribution in [0.1, 0.15) is 12.0 Å². The maximum Gasteiger partial charge on any atom is 0.142 e. The van der Waals surface area contributed by atoms with Gasteiger partial charge in [-0.1, -0.05) is 0 Å². The standard InChI is InChI=1S/C11H17BrN2O/c1-9-5-6-13-11(10(9)12)14(2)7-4-8-15-3/h5-6H,4,7-8H2,1-3H3. The maximum absolute atomic E-state index is 5.02. The van der Waals surface area contributed by atoms with Crippen LogP contribution in [0.3, 0.4) is 0 Å². The number of halogens is 1. The van der Waals surface area contributed by atoms with E-state index in [1.807, 2.05) is 19.3 Å². The number of pyridine rings is 1. The van der Waals surface area contributed by atoms with Crippen molar-refractivity contribution in [3.8, 4) is 0 Å². The van der Waals surface area contributed by atoms with Gasteiger partial charge in [-0.2, -0.15) is 0 Å². The van der Waals surface area contributed by atoms with Crippen molar-refractivity contribution < 1.29 is 4.74 Å². The molecule has 0 unspecified atom stereocenters. The fraction of sp³-hybridized carbons (Fsp3) is 0.545. The largest absolute Gasteiger partial charge is 0.385 e. The summed E-state index contributed by atoms with van der Waals surface area (Å²) in [5, 5.41) is 0. The molecule has 3 nitrogen and oxygen atoms in total. The summed E-state index contributed by atoms with van der Waals surface area (Å²) < 4.78 is 6.10. The summed E-state index contributed by atoms with van der Waals surface area (Å²) in [6.07, 6.45) is 2.84. The Bertz CT molecular complexity index is 317. The van der Waals surface area contributed by atoms with Crippen molar-refractivity contribution in [2.45, 2.75) is 13.3 Å². The number of aromatic nitrogens is 1. The number of hydrogen-bond acceptors (Lipinski definition) is 3. The summed E-state index contributed by atoms with van der Waals surface area (Å²) in [6.45, 7) is 3.80. The van der Waals surface area contributed by atoms with Gasteiger partial charge in [0.05, 0.1) is 4.47 Å². The third-order valence-electron chi connectivity index (χ3n) is 2.27. The molecular weight excluding hydrogens is 256 g/mol. The van der Waals surface area contributed by atoms with Crippen molar-refractivity contribution in [2.24, 2.45) is 0 Å². The summed E-state index contributed by atoms with van der Waals surface area (Å²) in [7, 11) is 3.77. The Labute approximate surface area is 99.6 Å². The highest BCUT2D eigenvalue weighted by molar-refractivity contribution is 9.10. The monoisotopic (exact) mass is 272 g/mol. The zero-order valence-electron chi connectivity index (χ0n) is 9.46. The van der Waals surface area contributed by atoms with E-state index in [0.717, 1.165) is 29.9 Å². The first kappa shape index (κ1) is 12.5. The molecule has 0 aromatic carbocycles. The third kappa shape index (κ3) is 3.47.